The van der Waals surface area contributed by atoms with Crippen molar-refractivity contribution in [1.29, 1.82) is 0 Å². The summed E-state index contributed by atoms with van der Waals surface area (Å²) in [5.74, 6) is 2.46. The van der Waals surface area contributed by atoms with Gasteiger partial charge in [0.2, 0.25) is 11.8 Å². The van der Waals surface area contributed by atoms with Crippen molar-refractivity contribution in [2.45, 2.75) is 118 Å². The third-order valence-electron chi connectivity index (χ3n) is 13.3. The summed E-state index contributed by atoms with van der Waals surface area (Å²) in [4.78, 5) is 38.0. The van der Waals surface area contributed by atoms with Crippen LogP contribution >= 0.6 is 15.9 Å². The number of nitrogens with zero attached hydrogens (tertiary/aromatic N) is 10. The van der Waals surface area contributed by atoms with Gasteiger partial charge in [0, 0.05) is 42.8 Å². The number of ether oxygens (including phenoxy) is 4. The zero-order valence-corrected chi connectivity index (χ0v) is 49.9. The van der Waals surface area contributed by atoms with E-state index < -0.39 is 18.3 Å². The molecule has 6 heterocycles. The minimum atomic E-state index is -1.34. The molecule has 428 valence electrons. The lowest BCUT2D eigenvalue weighted by Gasteiger charge is -2.33. The van der Waals surface area contributed by atoms with E-state index in [4.69, 9.17) is 39.0 Å². The van der Waals surface area contributed by atoms with Crippen LogP contribution in [0.15, 0.2) is 138 Å². The van der Waals surface area contributed by atoms with Crippen LogP contribution in [0.25, 0.3) is 33.9 Å². The Morgan fingerprint density at radius 1 is 0.537 bits per heavy atom. The van der Waals surface area contributed by atoms with Gasteiger partial charge in [-0.3, -0.25) is 0 Å². The number of carbonyl (C=O) groups is 2. The second-order valence-electron chi connectivity index (χ2n) is 22.4. The number of amides is 2. The molecule has 82 heavy (non-hydrogen) atoms. The van der Waals surface area contributed by atoms with Crippen molar-refractivity contribution in [3.05, 3.63) is 160 Å². The van der Waals surface area contributed by atoms with Crippen LogP contribution in [0.4, 0.5) is 9.59 Å². The SMILES string of the molecule is Cc1cc(Br)cc(Oc2cccc(-c3c(C)nnn3C3CCN(C(=O)OC(C)(C)C)CC3)n2)c1.Cc1cc(Oc2cccc(-c3c(C)nnn3C3CCN(C(=O)OC(C)(C)C)CC3)n2)cc(-c2ccccc2)c1.OB(O)c1ccccc1. The van der Waals surface area contributed by atoms with Gasteiger partial charge in [-0.05, 0) is 165 Å². The van der Waals surface area contributed by atoms with Crippen LogP contribution < -0.4 is 14.9 Å². The van der Waals surface area contributed by atoms with Crippen LogP contribution in [0.5, 0.6) is 23.3 Å². The number of hydrogen-bond donors (Lipinski definition) is 2. The Morgan fingerprint density at radius 3 is 1.38 bits per heavy atom. The number of piperidine rings is 2. The molecule has 10 rings (SSSR count). The molecular weight excluding hydrogens is 1100 g/mol. The normalized spacial score (nSPS) is 14.0. The summed E-state index contributed by atoms with van der Waals surface area (Å²) in [5, 5.41) is 34.7. The summed E-state index contributed by atoms with van der Waals surface area (Å²) in [7, 11) is -1.34. The molecule has 0 aliphatic carbocycles. The maximum Gasteiger partial charge on any atom is 0.488 e. The third kappa shape index (κ3) is 16.6. The summed E-state index contributed by atoms with van der Waals surface area (Å²) < 4.78 is 28.2. The number of pyridine rings is 2. The Morgan fingerprint density at radius 2 is 0.963 bits per heavy atom. The molecule has 4 aromatic heterocycles. The lowest BCUT2D eigenvalue weighted by atomic mass is 9.81. The molecule has 2 N–H and O–H groups in total. The molecule has 0 spiro atoms. The van der Waals surface area contributed by atoms with E-state index in [1.165, 1.54) is 0 Å². The van der Waals surface area contributed by atoms with Gasteiger partial charge in [0.15, 0.2) is 0 Å². The molecule has 0 saturated carbocycles. The van der Waals surface area contributed by atoms with Crippen molar-refractivity contribution in [2.75, 3.05) is 26.2 Å². The van der Waals surface area contributed by atoms with E-state index in [-0.39, 0.29) is 24.3 Å². The molecule has 2 fully saturated rings. The van der Waals surface area contributed by atoms with Crippen molar-refractivity contribution in [3.63, 3.8) is 0 Å². The predicted molar refractivity (Wildman–Crippen MR) is 320 cm³/mol. The zero-order chi connectivity index (χ0) is 58.7. The molecule has 2 saturated heterocycles. The first kappa shape index (κ1) is 60.2. The van der Waals surface area contributed by atoms with Crippen LogP contribution in [-0.2, 0) is 9.47 Å². The highest BCUT2D eigenvalue weighted by atomic mass is 79.9. The van der Waals surface area contributed by atoms with E-state index in [2.05, 4.69) is 61.7 Å². The summed E-state index contributed by atoms with van der Waals surface area (Å²) in [6.45, 7) is 21.7. The van der Waals surface area contributed by atoms with E-state index >= 15 is 0 Å². The van der Waals surface area contributed by atoms with E-state index in [0.717, 1.165) is 98.1 Å². The quantitative estimate of drug-likeness (QED) is 0.122. The molecule has 0 bridgehead atoms. The topological polar surface area (TPSA) is 205 Å². The van der Waals surface area contributed by atoms with Crippen molar-refractivity contribution in [3.8, 4) is 57.2 Å². The minimum absolute atomic E-state index is 0.108. The van der Waals surface area contributed by atoms with E-state index in [1.807, 2.05) is 163 Å². The fourth-order valence-electron chi connectivity index (χ4n) is 9.54. The van der Waals surface area contributed by atoms with Crippen molar-refractivity contribution in [1.82, 2.24) is 49.8 Å². The maximum absolute atomic E-state index is 12.5. The highest BCUT2D eigenvalue weighted by Crippen LogP contribution is 2.35. The lowest BCUT2D eigenvalue weighted by molar-refractivity contribution is 0.0174. The molecule has 2 amide bonds. The van der Waals surface area contributed by atoms with Crippen LogP contribution in [0.2, 0.25) is 0 Å². The van der Waals surface area contributed by atoms with Gasteiger partial charge in [-0.1, -0.05) is 105 Å². The molecule has 0 radical (unpaired) electrons. The van der Waals surface area contributed by atoms with Crippen LogP contribution in [-0.4, -0.2) is 116 Å². The molecule has 2 aliphatic rings. The van der Waals surface area contributed by atoms with Gasteiger partial charge in [-0.15, -0.1) is 10.2 Å². The summed E-state index contributed by atoms with van der Waals surface area (Å²) in [6.07, 6.45) is 2.52. The smallest absolute Gasteiger partial charge is 0.444 e. The zero-order valence-electron chi connectivity index (χ0n) is 48.3. The second kappa shape index (κ2) is 26.8. The highest BCUT2D eigenvalue weighted by Gasteiger charge is 2.32. The van der Waals surface area contributed by atoms with Crippen molar-refractivity contribution < 1.29 is 38.6 Å². The van der Waals surface area contributed by atoms with Gasteiger partial charge in [0.05, 0.1) is 34.9 Å². The number of carbonyl (C=O) groups excluding carboxylic acids is 2. The molecule has 18 nitrogen and oxygen atoms in total. The summed E-state index contributed by atoms with van der Waals surface area (Å²) in [5.41, 5.74) is 8.79. The fourth-order valence-corrected chi connectivity index (χ4v) is 10.1. The summed E-state index contributed by atoms with van der Waals surface area (Å²) >= 11 is 3.51. The van der Waals surface area contributed by atoms with Gasteiger partial charge in [-0.2, -0.15) is 0 Å². The molecule has 2 aliphatic heterocycles. The van der Waals surface area contributed by atoms with Crippen molar-refractivity contribution >= 4 is 40.7 Å². The minimum Gasteiger partial charge on any atom is -0.444 e. The fraction of sp³-hybridized carbons (Fsp3) is 0.355. The number of aryl methyl sites for hydroxylation is 4. The Bertz CT molecular complexity index is 3400. The highest BCUT2D eigenvalue weighted by molar-refractivity contribution is 9.10. The second-order valence-corrected chi connectivity index (χ2v) is 23.3. The van der Waals surface area contributed by atoms with E-state index in [0.29, 0.717) is 43.4 Å². The first-order valence-corrected chi connectivity index (χ1v) is 28.3. The Balaban J connectivity index is 0.000000187. The number of likely N-dealkylation sites (tertiary alicyclic amines) is 2. The lowest BCUT2D eigenvalue weighted by Crippen LogP contribution is -2.42. The Labute approximate surface area is 488 Å². The van der Waals surface area contributed by atoms with Gasteiger partial charge in [0.25, 0.3) is 0 Å². The van der Waals surface area contributed by atoms with E-state index in [1.54, 1.807) is 34.1 Å². The van der Waals surface area contributed by atoms with Gasteiger partial charge in [-0.25, -0.2) is 28.9 Å². The third-order valence-corrected chi connectivity index (χ3v) is 13.8. The average molecular weight is 1180 g/mol. The first-order valence-electron chi connectivity index (χ1n) is 27.5. The van der Waals surface area contributed by atoms with Crippen LogP contribution in [0.3, 0.4) is 0 Å². The predicted octanol–water partition coefficient (Wildman–Crippen LogP) is 12.4. The molecule has 0 unspecified atom stereocenters. The molecule has 0 atom stereocenters. The molecule has 4 aromatic carbocycles. The number of benzene rings is 4. The monoisotopic (exact) mass is 1170 g/mol. The Hall–Kier alpha value is -7.94. The Kier molecular flexibility index (Phi) is 19.6. The molecular formula is C62H72BBrN10O8. The van der Waals surface area contributed by atoms with Crippen molar-refractivity contribution in [2.24, 2.45) is 0 Å². The van der Waals surface area contributed by atoms with Crippen LogP contribution in [0.1, 0.15) is 102 Å². The number of rotatable bonds is 10. The van der Waals surface area contributed by atoms with E-state index in [9.17, 15) is 9.59 Å². The largest absolute Gasteiger partial charge is 0.488 e. The molecule has 8 aromatic rings. The first-order chi connectivity index (χ1) is 39.0. The van der Waals surface area contributed by atoms with Gasteiger partial charge in [0.1, 0.15) is 34.1 Å². The number of hydrogen-bond acceptors (Lipinski definition) is 14. The van der Waals surface area contributed by atoms with Gasteiger partial charge < -0.3 is 38.8 Å². The summed E-state index contributed by atoms with van der Waals surface area (Å²) in [6, 6.07) is 42.7. The van der Waals surface area contributed by atoms with Crippen LogP contribution in [0, 0.1) is 27.7 Å². The number of halogens is 1. The average Bonchev–Trinajstić information content (AvgIpc) is 4.26. The van der Waals surface area contributed by atoms with Gasteiger partial charge >= 0.3 is 19.3 Å². The number of aromatic nitrogens is 8. The standard InChI is InChI=1S/C31H35N5O3.C25H30BrN5O3.C6H7BO2/c1-21-18-24(23-10-7-6-8-11-23)20-26(19-21)38-28-13-9-12-27(32-28)29-22(2)33-34-36(29)25-14-16-35(17-15-25)30(37)39-31(3,4)5;1-16-13-18(26)15-20(14-16)33-22-8-6-7-21(27-22)23-17(2)28-29-31(23)19-9-11-30(12-10-19)24(32)34-25(3,4)5;8-7(9)6-4-2-1-3-5-6/h6-13,18-20,25H,14-17H2,1-5H3;6-8,13-15,19H,9-12H2,1-5H3;1-5,8-9H. The molecule has 20 heteroatoms. The maximum atomic E-state index is 12.5.